The normalized spacial score (nSPS) is 12.5. The van der Waals surface area contributed by atoms with Gasteiger partial charge in [0.1, 0.15) is 12.7 Å². The molecule has 0 amide bonds. The highest BCUT2D eigenvalue weighted by atomic mass is 16.6. The van der Waals surface area contributed by atoms with E-state index in [2.05, 4.69) is 15.2 Å². The molecule has 1 aromatic rings. The minimum atomic E-state index is -1.05. The van der Waals surface area contributed by atoms with Gasteiger partial charge in [-0.2, -0.15) is 5.10 Å². The lowest BCUT2D eigenvalue weighted by atomic mass is 9.90. The van der Waals surface area contributed by atoms with Gasteiger partial charge in [-0.3, -0.25) is 0 Å². The molecule has 0 aliphatic heterocycles. The van der Waals surface area contributed by atoms with Gasteiger partial charge in [0.05, 0.1) is 12.3 Å². The van der Waals surface area contributed by atoms with Crippen LogP contribution in [-0.4, -0.2) is 38.2 Å². The molecule has 1 heterocycles. The number of oxime groups is 1. The first kappa shape index (κ1) is 13.1. The van der Waals surface area contributed by atoms with Crippen LogP contribution in [0.1, 0.15) is 20.8 Å². The zero-order valence-electron chi connectivity index (χ0n) is 10.1. The Kier molecular flexibility index (Phi) is 4.19. The Hall–Kier alpha value is -1.92. The van der Waals surface area contributed by atoms with Gasteiger partial charge >= 0.3 is 5.97 Å². The predicted molar refractivity (Wildman–Crippen MR) is 60.5 cm³/mol. The van der Waals surface area contributed by atoms with Gasteiger partial charge in [0.25, 0.3) is 0 Å². The second kappa shape index (κ2) is 5.42. The minimum Gasteiger partial charge on any atom is -0.479 e. The maximum Gasteiger partial charge on any atom is 0.344 e. The van der Waals surface area contributed by atoms with Gasteiger partial charge in [-0.25, -0.2) is 14.5 Å². The minimum absolute atomic E-state index is 0.232. The molecule has 0 radical (unpaired) electrons. The van der Waals surface area contributed by atoms with Crippen molar-refractivity contribution < 1.29 is 14.7 Å². The number of carboxylic acids is 1. The first-order valence-electron chi connectivity index (χ1n) is 5.13. The van der Waals surface area contributed by atoms with Crippen LogP contribution in [0, 0.1) is 5.41 Å². The maximum absolute atomic E-state index is 10.3. The molecule has 0 aromatic carbocycles. The summed E-state index contributed by atoms with van der Waals surface area (Å²) in [7, 11) is 0. The van der Waals surface area contributed by atoms with Crippen molar-refractivity contribution in [2.75, 3.05) is 6.61 Å². The third-order valence-electron chi connectivity index (χ3n) is 2.01. The number of nitrogens with zero attached hydrogens (tertiary/aromatic N) is 4. The van der Waals surface area contributed by atoms with Crippen LogP contribution < -0.4 is 0 Å². The van der Waals surface area contributed by atoms with Crippen molar-refractivity contribution in [2.24, 2.45) is 10.6 Å². The van der Waals surface area contributed by atoms with E-state index in [1.54, 1.807) is 11.0 Å². The first-order chi connectivity index (χ1) is 7.89. The Labute approximate surface area is 99.1 Å². The molecule has 0 aliphatic carbocycles. The van der Waals surface area contributed by atoms with Crippen molar-refractivity contribution in [2.45, 2.75) is 27.3 Å². The highest BCUT2D eigenvalue weighted by Gasteiger charge is 2.20. The van der Waals surface area contributed by atoms with E-state index in [0.29, 0.717) is 12.3 Å². The van der Waals surface area contributed by atoms with Gasteiger partial charge in [-0.1, -0.05) is 25.9 Å². The number of rotatable bonds is 5. The number of hydrogen-bond acceptors (Lipinski definition) is 5. The van der Waals surface area contributed by atoms with Crippen LogP contribution in [0.5, 0.6) is 0 Å². The van der Waals surface area contributed by atoms with E-state index in [-0.39, 0.29) is 5.41 Å². The van der Waals surface area contributed by atoms with Crippen molar-refractivity contribution in [3.05, 3.63) is 12.7 Å². The molecule has 0 saturated carbocycles. The lowest BCUT2D eigenvalue weighted by molar-refractivity contribution is -0.142. The molecular formula is C10H16N4O3. The summed E-state index contributed by atoms with van der Waals surface area (Å²) >= 11 is 0. The molecule has 1 N–H and O–H groups in total. The molecule has 7 heteroatoms. The fourth-order valence-corrected chi connectivity index (χ4v) is 1.04. The number of aliphatic carboxylic acids is 1. The molecule has 0 saturated heterocycles. The number of aromatic nitrogens is 3. The smallest absolute Gasteiger partial charge is 0.344 e. The summed E-state index contributed by atoms with van der Waals surface area (Å²) in [6.07, 6.45) is 3.00. The van der Waals surface area contributed by atoms with E-state index in [9.17, 15) is 4.79 Å². The van der Waals surface area contributed by atoms with Crippen LogP contribution in [0.25, 0.3) is 0 Å². The Morgan fingerprint density at radius 2 is 2.24 bits per heavy atom. The largest absolute Gasteiger partial charge is 0.479 e. The Morgan fingerprint density at radius 3 is 2.71 bits per heavy atom. The molecule has 1 aromatic heterocycles. The summed E-state index contributed by atoms with van der Waals surface area (Å²) in [4.78, 5) is 18.9. The number of carboxylic acid groups (broad SMARTS) is 1. The van der Waals surface area contributed by atoms with Gasteiger partial charge in [0, 0.05) is 5.41 Å². The van der Waals surface area contributed by atoms with E-state index < -0.39 is 12.6 Å². The molecule has 94 valence electrons. The Bertz CT molecular complexity index is 392. The molecule has 0 aliphatic rings. The third-order valence-corrected chi connectivity index (χ3v) is 2.01. The molecule has 0 spiro atoms. The molecular weight excluding hydrogens is 224 g/mol. The van der Waals surface area contributed by atoms with E-state index in [1.165, 1.54) is 6.33 Å². The van der Waals surface area contributed by atoms with Crippen molar-refractivity contribution >= 4 is 11.7 Å². The van der Waals surface area contributed by atoms with E-state index in [4.69, 9.17) is 9.94 Å². The molecule has 0 atom stereocenters. The summed E-state index contributed by atoms with van der Waals surface area (Å²) in [6.45, 7) is 5.87. The summed E-state index contributed by atoms with van der Waals surface area (Å²) in [5, 5.41) is 16.3. The van der Waals surface area contributed by atoms with Gasteiger partial charge in [-0.15, -0.1) is 0 Å². The second-order valence-corrected chi connectivity index (χ2v) is 4.55. The molecule has 0 bridgehead atoms. The van der Waals surface area contributed by atoms with Crippen molar-refractivity contribution in [1.29, 1.82) is 0 Å². The van der Waals surface area contributed by atoms with Crippen LogP contribution in [-0.2, 0) is 16.2 Å². The monoisotopic (exact) mass is 240 g/mol. The Morgan fingerprint density at radius 1 is 1.53 bits per heavy atom. The topological polar surface area (TPSA) is 89.6 Å². The van der Waals surface area contributed by atoms with Gasteiger partial charge in [0.15, 0.2) is 0 Å². The van der Waals surface area contributed by atoms with Crippen molar-refractivity contribution in [3.63, 3.8) is 0 Å². The molecule has 1 rings (SSSR count). The van der Waals surface area contributed by atoms with Crippen LogP contribution in [0.15, 0.2) is 17.8 Å². The van der Waals surface area contributed by atoms with Crippen LogP contribution >= 0.6 is 0 Å². The Balaban J connectivity index is 2.71. The summed E-state index contributed by atoms with van der Waals surface area (Å²) in [5.74, 6) is -1.05. The third kappa shape index (κ3) is 4.62. The van der Waals surface area contributed by atoms with Crippen LogP contribution in [0.2, 0.25) is 0 Å². The quantitative estimate of drug-likeness (QED) is 0.606. The SMILES string of the molecule is CC(C)(C)/C(Cn1cncn1)=N/OCC(=O)O. The summed E-state index contributed by atoms with van der Waals surface area (Å²) < 4.78 is 1.61. The first-order valence-corrected chi connectivity index (χ1v) is 5.13. The fourth-order valence-electron chi connectivity index (χ4n) is 1.04. The lowest BCUT2D eigenvalue weighted by Crippen LogP contribution is -2.26. The highest BCUT2D eigenvalue weighted by molar-refractivity contribution is 5.88. The predicted octanol–water partition coefficient (Wildman–Crippen LogP) is 0.781. The van der Waals surface area contributed by atoms with Gasteiger partial charge in [0.2, 0.25) is 6.61 Å². The molecule has 17 heavy (non-hydrogen) atoms. The van der Waals surface area contributed by atoms with Crippen LogP contribution in [0.4, 0.5) is 0 Å². The van der Waals surface area contributed by atoms with E-state index in [0.717, 1.165) is 0 Å². The molecule has 7 nitrogen and oxygen atoms in total. The molecule has 0 fully saturated rings. The van der Waals surface area contributed by atoms with Gasteiger partial charge < -0.3 is 9.94 Å². The second-order valence-electron chi connectivity index (χ2n) is 4.55. The average Bonchev–Trinajstić information content (AvgIpc) is 2.66. The fraction of sp³-hybridized carbons (Fsp3) is 0.600. The van der Waals surface area contributed by atoms with Crippen LogP contribution in [0.3, 0.4) is 0 Å². The van der Waals surface area contributed by atoms with Gasteiger partial charge in [-0.05, 0) is 0 Å². The summed E-state index contributed by atoms with van der Waals surface area (Å²) in [5.41, 5.74) is 0.467. The average molecular weight is 240 g/mol. The zero-order chi connectivity index (χ0) is 12.9. The molecule has 0 unspecified atom stereocenters. The zero-order valence-corrected chi connectivity index (χ0v) is 10.1. The highest BCUT2D eigenvalue weighted by Crippen LogP contribution is 2.17. The standard InChI is InChI=1S/C10H16N4O3/c1-10(2,3)8(13-17-5-9(15)16)4-14-7-11-6-12-14/h6-7H,4-5H2,1-3H3,(H,15,16)/b13-8+. The number of hydrogen-bond donors (Lipinski definition) is 1. The lowest BCUT2D eigenvalue weighted by Gasteiger charge is -2.20. The van der Waals surface area contributed by atoms with Crippen molar-refractivity contribution in [1.82, 2.24) is 14.8 Å². The summed E-state index contributed by atoms with van der Waals surface area (Å²) in [6, 6.07) is 0. The number of carbonyl (C=O) groups is 1. The van der Waals surface area contributed by atoms with E-state index in [1.807, 2.05) is 20.8 Å². The van der Waals surface area contributed by atoms with E-state index >= 15 is 0 Å². The maximum atomic E-state index is 10.3. The van der Waals surface area contributed by atoms with Crippen molar-refractivity contribution in [3.8, 4) is 0 Å².